The van der Waals surface area contributed by atoms with Gasteiger partial charge in [-0.05, 0) is 55.3 Å². The molecule has 150 valence electrons. The van der Waals surface area contributed by atoms with Crippen LogP contribution in [0.1, 0.15) is 11.1 Å². The van der Waals surface area contributed by atoms with Crippen LogP contribution in [0, 0.1) is 13.8 Å². The van der Waals surface area contributed by atoms with Crippen molar-refractivity contribution in [1.29, 1.82) is 0 Å². The zero-order valence-corrected chi connectivity index (χ0v) is 18.3. The molecule has 0 saturated carbocycles. The number of aryl methyl sites for hydroxylation is 1. The van der Waals surface area contributed by atoms with Gasteiger partial charge in [-0.15, -0.1) is 11.8 Å². The third kappa shape index (κ3) is 6.24. The lowest BCUT2D eigenvalue weighted by Gasteiger charge is -2.29. The highest BCUT2D eigenvalue weighted by Gasteiger charge is 2.24. The van der Waals surface area contributed by atoms with E-state index >= 15 is 0 Å². The van der Waals surface area contributed by atoms with E-state index in [0.717, 1.165) is 54.8 Å². The monoisotopic (exact) mass is 419 g/mol. The van der Waals surface area contributed by atoms with Crippen molar-refractivity contribution in [2.24, 2.45) is 0 Å². The molecule has 2 aromatic carbocycles. The van der Waals surface area contributed by atoms with Crippen molar-refractivity contribution < 1.29 is 14.6 Å². The lowest BCUT2D eigenvalue weighted by molar-refractivity contribution is -1.01. The van der Waals surface area contributed by atoms with Crippen LogP contribution < -0.4 is 15.1 Å². The standard InChI is InChI=1S/C22H28ClN3OS/c1-17-4-3-5-21(18(17)2)24-22(27)16-26-12-10-25(11-13-26)14-15-28-20-8-6-19(23)7-9-20/h3-9H,10-16H2,1-2H3,(H,24,27)/p+2. The number of hydrogen-bond acceptors (Lipinski definition) is 2. The lowest BCUT2D eigenvalue weighted by Crippen LogP contribution is -3.28. The first-order chi connectivity index (χ1) is 13.5. The molecule has 0 atom stereocenters. The summed E-state index contributed by atoms with van der Waals surface area (Å²) in [5.74, 6) is 1.23. The Morgan fingerprint density at radius 1 is 1.04 bits per heavy atom. The number of piperazine rings is 1. The molecular formula is C22H30ClN3OS+2. The molecule has 0 spiro atoms. The molecule has 2 aromatic rings. The van der Waals surface area contributed by atoms with Crippen LogP contribution in [0.3, 0.4) is 0 Å². The Morgan fingerprint density at radius 3 is 2.43 bits per heavy atom. The van der Waals surface area contributed by atoms with Crippen molar-refractivity contribution >= 4 is 35.0 Å². The first-order valence-corrected chi connectivity index (χ1v) is 11.3. The topological polar surface area (TPSA) is 38.0 Å². The molecule has 1 fully saturated rings. The fourth-order valence-electron chi connectivity index (χ4n) is 3.54. The maximum absolute atomic E-state index is 12.4. The summed E-state index contributed by atoms with van der Waals surface area (Å²) in [6.07, 6.45) is 0. The lowest BCUT2D eigenvalue weighted by atomic mass is 10.1. The van der Waals surface area contributed by atoms with E-state index in [1.807, 2.05) is 36.0 Å². The smallest absolute Gasteiger partial charge is 0.279 e. The molecule has 0 radical (unpaired) electrons. The van der Waals surface area contributed by atoms with Gasteiger partial charge in [-0.25, -0.2) is 0 Å². The number of benzene rings is 2. The van der Waals surface area contributed by atoms with E-state index in [-0.39, 0.29) is 5.91 Å². The van der Waals surface area contributed by atoms with Gasteiger partial charge in [-0.3, -0.25) is 4.79 Å². The summed E-state index contributed by atoms with van der Waals surface area (Å²) >= 11 is 7.82. The van der Waals surface area contributed by atoms with Gasteiger partial charge in [0.15, 0.2) is 6.54 Å². The minimum absolute atomic E-state index is 0.116. The molecule has 6 heteroatoms. The maximum atomic E-state index is 12.4. The van der Waals surface area contributed by atoms with Crippen molar-refractivity contribution in [3.05, 3.63) is 58.6 Å². The van der Waals surface area contributed by atoms with Gasteiger partial charge in [0.25, 0.3) is 5.91 Å². The fraction of sp³-hybridized carbons (Fsp3) is 0.409. The van der Waals surface area contributed by atoms with Crippen molar-refractivity contribution in [3.63, 3.8) is 0 Å². The molecular weight excluding hydrogens is 390 g/mol. The average Bonchev–Trinajstić information content (AvgIpc) is 2.68. The second kappa shape index (κ2) is 10.3. The van der Waals surface area contributed by atoms with Gasteiger partial charge in [0.05, 0.1) is 6.54 Å². The molecule has 1 saturated heterocycles. The second-order valence-electron chi connectivity index (χ2n) is 7.52. The van der Waals surface area contributed by atoms with Crippen LogP contribution in [-0.2, 0) is 4.79 Å². The Morgan fingerprint density at radius 2 is 1.71 bits per heavy atom. The Bertz CT molecular complexity index is 789. The van der Waals surface area contributed by atoms with E-state index < -0.39 is 0 Å². The van der Waals surface area contributed by atoms with Crippen LogP contribution in [0.2, 0.25) is 5.02 Å². The molecule has 0 unspecified atom stereocenters. The van der Waals surface area contributed by atoms with E-state index in [2.05, 4.69) is 37.4 Å². The molecule has 3 N–H and O–H groups in total. The molecule has 0 aromatic heterocycles. The highest BCUT2D eigenvalue weighted by atomic mass is 35.5. The number of amides is 1. The summed E-state index contributed by atoms with van der Waals surface area (Å²) in [6.45, 7) is 10.2. The average molecular weight is 420 g/mol. The van der Waals surface area contributed by atoms with Crippen molar-refractivity contribution in [2.45, 2.75) is 18.7 Å². The van der Waals surface area contributed by atoms with Crippen LogP contribution in [0.5, 0.6) is 0 Å². The highest BCUT2D eigenvalue weighted by molar-refractivity contribution is 7.99. The zero-order chi connectivity index (χ0) is 19.9. The molecule has 1 amide bonds. The second-order valence-corrected chi connectivity index (χ2v) is 9.13. The molecule has 0 aliphatic carbocycles. The van der Waals surface area contributed by atoms with Crippen molar-refractivity contribution in [2.75, 3.05) is 50.3 Å². The molecule has 3 rings (SSSR count). The molecule has 28 heavy (non-hydrogen) atoms. The number of nitrogens with one attached hydrogen (secondary N) is 3. The first-order valence-electron chi connectivity index (χ1n) is 9.93. The van der Waals surface area contributed by atoms with Crippen LogP contribution >= 0.6 is 23.4 Å². The Hall–Kier alpha value is -1.53. The van der Waals surface area contributed by atoms with Gasteiger partial charge in [0.1, 0.15) is 26.2 Å². The van der Waals surface area contributed by atoms with Crippen LogP contribution in [0.15, 0.2) is 47.4 Å². The summed E-state index contributed by atoms with van der Waals surface area (Å²) < 4.78 is 0. The maximum Gasteiger partial charge on any atom is 0.279 e. The van der Waals surface area contributed by atoms with Gasteiger partial charge >= 0.3 is 0 Å². The number of rotatable bonds is 7. The third-order valence-corrected chi connectivity index (χ3v) is 6.76. The summed E-state index contributed by atoms with van der Waals surface area (Å²) in [7, 11) is 0. The number of halogens is 1. The minimum Gasteiger partial charge on any atom is -0.325 e. The number of carbonyl (C=O) groups excluding carboxylic acids is 1. The molecule has 1 heterocycles. The SMILES string of the molecule is Cc1cccc(NC(=O)C[NH+]2CC[NH+](CCSc3ccc(Cl)cc3)CC2)c1C. The molecule has 4 nitrogen and oxygen atoms in total. The predicted octanol–water partition coefficient (Wildman–Crippen LogP) is 1.47. The molecule has 0 bridgehead atoms. The summed E-state index contributed by atoms with van der Waals surface area (Å²) in [5.41, 5.74) is 3.30. The van der Waals surface area contributed by atoms with Gasteiger partial charge < -0.3 is 15.1 Å². The number of thioether (sulfide) groups is 1. The number of hydrogen-bond donors (Lipinski definition) is 3. The van der Waals surface area contributed by atoms with E-state index in [4.69, 9.17) is 11.6 Å². The summed E-state index contributed by atoms with van der Waals surface area (Å²) in [5, 5.41) is 3.87. The number of carbonyl (C=O) groups is 1. The number of anilines is 1. The third-order valence-electron chi connectivity index (χ3n) is 5.49. The minimum atomic E-state index is 0.116. The van der Waals surface area contributed by atoms with Crippen LogP contribution in [0.4, 0.5) is 5.69 Å². The zero-order valence-electron chi connectivity index (χ0n) is 16.7. The summed E-state index contributed by atoms with van der Waals surface area (Å²) in [4.78, 5) is 16.7. The molecule has 1 aliphatic heterocycles. The van der Waals surface area contributed by atoms with Gasteiger partial charge in [-0.2, -0.15) is 0 Å². The van der Waals surface area contributed by atoms with Crippen molar-refractivity contribution in [3.8, 4) is 0 Å². The Kier molecular flexibility index (Phi) is 7.80. The van der Waals surface area contributed by atoms with Gasteiger partial charge in [0.2, 0.25) is 0 Å². The fourth-order valence-corrected chi connectivity index (χ4v) is 4.62. The van der Waals surface area contributed by atoms with Crippen LogP contribution in [0.25, 0.3) is 0 Å². The largest absolute Gasteiger partial charge is 0.325 e. The highest BCUT2D eigenvalue weighted by Crippen LogP contribution is 2.19. The van der Waals surface area contributed by atoms with E-state index in [1.54, 1.807) is 4.90 Å². The van der Waals surface area contributed by atoms with Crippen LogP contribution in [-0.4, -0.2) is 50.9 Å². The van der Waals surface area contributed by atoms with E-state index in [0.29, 0.717) is 6.54 Å². The van der Waals surface area contributed by atoms with Crippen molar-refractivity contribution in [1.82, 2.24) is 0 Å². The first kappa shape index (κ1) is 21.2. The quantitative estimate of drug-likeness (QED) is 0.594. The Labute approximate surface area is 177 Å². The van der Waals surface area contributed by atoms with Gasteiger partial charge in [-0.1, -0.05) is 23.7 Å². The van der Waals surface area contributed by atoms with E-state index in [1.165, 1.54) is 15.4 Å². The van der Waals surface area contributed by atoms with E-state index in [9.17, 15) is 4.79 Å². The van der Waals surface area contributed by atoms with Gasteiger partial charge in [0, 0.05) is 21.4 Å². The Balaban J connectivity index is 1.36. The number of quaternary nitrogens is 2. The summed E-state index contributed by atoms with van der Waals surface area (Å²) in [6, 6.07) is 14.1. The molecule has 1 aliphatic rings. The normalized spacial score (nSPS) is 19.4. The predicted molar refractivity (Wildman–Crippen MR) is 118 cm³/mol.